The number of allylic oxidation sites excluding steroid dienone is 1. The quantitative estimate of drug-likeness (QED) is 0.280. The third-order valence-electron chi connectivity index (χ3n) is 4.36. The maximum absolute atomic E-state index is 12.3. The number of aryl methyl sites for hydroxylation is 1. The standard InChI is InChI=1S/C24H17BrCl2N2O2/c1-15-2-8-21(12-22(15)27)29-24(30)14-31-23-9-5-19(25)11-17(23)10-18(13-28)16-3-6-20(26)7-4-16/h2-12H,14H2,1H3,(H,29,30)/b18-10+. The van der Waals surface area contributed by atoms with Crippen molar-refractivity contribution >= 4 is 62.4 Å². The Morgan fingerprint density at radius 2 is 1.87 bits per heavy atom. The first-order valence-corrected chi connectivity index (χ1v) is 10.8. The number of amides is 1. The molecule has 0 radical (unpaired) electrons. The molecule has 0 spiro atoms. The van der Waals surface area contributed by atoms with E-state index in [1.165, 1.54) is 0 Å². The Morgan fingerprint density at radius 1 is 1.13 bits per heavy atom. The molecule has 1 N–H and O–H groups in total. The minimum atomic E-state index is -0.323. The normalized spacial score (nSPS) is 11.0. The number of anilines is 1. The smallest absolute Gasteiger partial charge is 0.262 e. The van der Waals surface area contributed by atoms with E-state index in [0.29, 0.717) is 32.6 Å². The second-order valence-electron chi connectivity index (χ2n) is 6.66. The van der Waals surface area contributed by atoms with E-state index in [1.54, 1.807) is 54.6 Å². The number of carbonyl (C=O) groups excluding carboxylic acids is 1. The van der Waals surface area contributed by atoms with Gasteiger partial charge in [0.05, 0.1) is 11.6 Å². The van der Waals surface area contributed by atoms with E-state index in [-0.39, 0.29) is 12.5 Å². The van der Waals surface area contributed by atoms with E-state index in [0.717, 1.165) is 15.6 Å². The maximum atomic E-state index is 12.3. The number of carbonyl (C=O) groups is 1. The van der Waals surface area contributed by atoms with Crippen molar-refractivity contribution in [1.29, 1.82) is 5.26 Å². The number of hydrogen-bond acceptors (Lipinski definition) is 3. The van der Waals surface area contributed by atoms with Gasteiger partial charge in [-0.15, -0.1) is 0 Å². The Morgan fingerprint density at radius 3 is 2.55 bits per heavy atom. The van der Waals surface area contributed by atoms with Gasteiger partial charge in [0, 0.05) is 25.8 Å². The van der Waals surface area contributed by atoms with Gasteiger partial charge in [0.2, 0.25) is 0 Å². The highest BCUT2D eigenvalue weighted by Crippen LogP contribution is 2.28. The van der Waals surface area contributed by atoms with Gasteiger partial charge in [-0.2, -0.15) is 5.26 Å². The van der Waals surface area contributed by atoms with Crippen LogP contribution < -0.4 is 10.1 Å². The largest absolute Gasteiger partial charge is 0.483 e. The number of nitriles is 1. The molecule has 0 atom stereocenters. The average Bonchev–Trinajstić information content (AvgIpc) is 2.74. The van der Waals surface area contributed by atoms with Crippen LogP contribution in [0, 0.1) is 18.3 Å². The summed E-state index contributed by atoms with van der Waals surface area (Å²) in [4.78, 5) is 12.3. The molecule has 4 nitrogen and oxygen atoms in total. The van der Waals surface area contributed by atoms with Gasteiger partial charge in [-0.25, -0.2) is 0 Å². The van der Waals surface area contributed by atoms with Crippen LogP contribution in [0.3, 0.4) is 0 Å². The van der Waals surface area contributed by atoms with Crippen LogP contribution in [0.15, 0.2) is 65.1 Å². The highest BCUT2D eigenvalue weighted by atomic mass is 79.9. The highest BCUT2D eigenvalue weighted by Gasteiger charge is 2.10. The van der Waals surface area contributed by atoms with E-state index < -0.39 is 0 Å². The van der Waals surface area contributed by atoms with Crippen molar-refractivity contribution in [2.75, 3.05) is 11.9 Å². The summed E-state index contributed by atoms with van der Waals surface area (Å²) in [5, 5.41) is 13.5. The van der Waals surface area contributed by atoms with Crippen LogP contribution in [-0.4, -0.2) is 12.5 Å². The zero-order valence-electron chi connectivity index (χ0n) is 16.5. The Bertz CT molecular complexity index is 1190. The number of rotatable bonds is 6. The molecule has 0 fully saturated rings. The van der Waals surface area contributed by atoms with Crippen molar-refractivity contribution in [3.8, 4) is 11.8 Å². The lowest BCUT2D eigenvalue weighted by molar-refractivity contribution is -0.118. The Labute approximate surface area is 199 Å². The SMILES string of the molecule is Cc1ccc(NC(=O)COc2ccc(Br)cc2/C=C(\C#N)c2ccc(Cl)cc2)cc1Cl. The van der Waals surface area contributed by atoms with Crippen LogP contribution in [0.2, 0.25) is 10.0 Å². The molecule has 0 saturated carbocycles. The number of halogens is 3. The summed E-state index contributed by atoms with van der Waals surface area (Å²) in [5.74, 6) is 0.151. The van der Waals surface area contributed by atoms with Gasteiger partial charge < -0.3 is 10.1 Å². The van der Waals surface area contributed by atoms with E-state index in [2.05, 4.69) is 27.3 Å². The topological polar surface area (TPSA) is 62.1 Å². The molecule has 0 aliphatic carbocycles. The van der Waals surface area contributed by atoms with Crippen molar-refractivity contribution in [1.82, 2.24) is 0 Å². The lowest BCUT2D eigenvalue weighted by Crippen LogP contribution is -2.20. The molecule has 0 aliphatic rings. The molecular formula is C24H17BrCl2N2O2. The molecule has 0 unspecified atom stereocenters. The summed E-state index contributed by atoms with van der Waals surface area (Å²) in [6.45, 7) is 1.69. The first kappa shape index (κ1) is 22.9. The average molecular weight is 516 g/mol. The van der Waals surface area contributed by atoms with E-state index in [9.17, 15) is 10.1 Å². The number of nitrogens with one attached hydrogen (secondary N) is 1. The molecule has 1 amide bonds. The predicted octanol–water partition coefficient (Wildman–Crippen LogP) is 7.15. The van der Waals surface area contributed by atoms with E-state index in [1.807, 2.05) is 19.1 Å². The predicted molar refractivity (Wildman–Crippen MR) is 129 cm³/mol. The fraction of sp³-hybridized carbons (Fsp3) is 0.0833. The van der Waals surface area contributed by atoms with Gasteiger partial charge >= 0.3 is 0 Å². The van der Waals surface area contributed by atoms with Crippen molar-refractivity contribution in [2.24, 2.45) is 0 Å². The molecule has 0 heterocycles. The molecule has 156 valence electrons. The van der Waals surface area contributed by atoms with Gasteiger partial charge in [0.15, 0.2) is 6.61 Å². The minimum absolute atomic E-state index is 0.198. The first-order chi connectivity index (χ1) is 14.9. The third-order valence-corrected chi connectivity index (χ3v) is 5.51. The molecule has 3 aromatic carbocycles. The monoisotopic (exact) mass is 514 g/mol. The summed E-state index contributed by atoms with van der Waals surface area (Å²) in [5.41, 5.74) is 3.35. The number of ether oxygens (including phenoxy) is 1. The van der Waals surface area contributed by atoms with Gasteiger partial charge in [-0.1, -0.05) is 57.3 Å². The lowest BCUT2D eigenvalue weighted by atomic mass is 10.0. The van der Waals surface area contributed by atoms with Crippen LogP contribution in [0.5, 0.6) is 5.75 Å². The summed E-state index contributed by atoms with van der Waals surface area (Å²) in [6.07, 6.45) is 1.71. The van der Waals surface area contributed by atoms with E-state index >= 15 is 0 Å². The Balaban J connectivity index is 1.78. The van der Waals surface area contributed by atoms with Crippen LogP contribution in [-0.2, 0) is 4.79 Å². The van der Waals surface area contributed by atoms with Crippen molar-refractivity contribution in [3.05, 3.63) is 91.9 Å². The second kappa shape index (κ2) is 10.5. The zero-order chi connectivity index (χ0) is 22.4. The van der Waals surface area contributed by atoms with Crippen LogP contribution in [0.1, 0.15) is 16.7 Å². The van der Waals surface area contributed by atoms with E-state index in [4.69, 9.17) is 27.9 Å². The minimum Gasteiger partial charge on any atom is -0.483 e. The molecular weight excluding hydrogens is 499 g/mol. The first-order valence-electron chi connectivity index (χ1n) is 9.22. The Kier molecular flexibility index (Phi) is 7.75. The number of hydrogen-bond donors (Lipinski definition) is 1. The molecule has 3 aromatic rings. The van der Waals surface area contributed by atoms with Gasteiger partial charge in [-0.3, -0.25) is 4.79 Å². The molecule has 0 saturated heterocycles. The number of nitrogens with zero attached hydrogens (tertiary/aromatic N) is 1. The maximum Gasteiger partial charge on any atom is 0.262 e. The van der Waals surface area contributed by atoms with Crippen LogP contribution >= 0.6 is 39.1 Å². The molecule has 0 aliphatic heterocycles. The van der Waals surface area contributed by atoms with Crippen molar-refractivity contribution in [2.45, 2.75) is 6.92 Å². The molecule has 31 heavy (non-hydrogen) atoms. The van der Waals surface area contributed by atoms with Crippen LogP contribution in [0.25, 0.3) is 11.6 Å². The van der Waals surface area contributed by atoms with Gasteiger partial charge in [-0.05, 0) is 66.6 Å². The number of benzene rings is 3. The Hall–Kier alpha value is -2.78. The summed E-state index contributed by atoms with van der Waals surface area (Å²) >= 11 is 15.5. The fourth-order valence-corrected chi connectivity index (χ4v) is 3.42. The summed E-state index contributed by atoms with van der Waals surface area (Å²) in [6, 6.07) is 19.8. The van der Waals surface area contributed by atoms with Crippen molar-refractivity contribution < 1.29 is 9.53 Å². The molecule has 3 rings (SSSR count). The lowest BCUT2D eigenvalue weighted by Gasteiger charge is -2.11. The third kappa shape index (κ3) is 6.35. The molecule has 7 heteroatoms. The highest BCUT2D eigenvalue weighted by molar-refractivity contribution is 9.10. The summed E-state index contributed by atoms with van der Waals surface area (Å²) in [7, 11) is 0. The van der Waals surface area contributed by atoms with Crippen LogP contribution in [0.4, 0.5) is 5.69 Å². The fourth-order valence-electron chi connectivity index (χ4n) is 2.74. The van der Waals surface area contributed by atoms with Crippen molar-refractivity contribution in [3.63, 3.8) is 0 Å². The second-order valence-corrected chi connectivity index (χ2v) is 8.42. The molecule has 0 aromatic heterocycles. The summed E-state index contributed by atoms with van der Waals surface area (Å²) < 4.78 is 6.56. The zero-order valence-corrected chi connectivity index (χ0v) is 19.6. The van der Waals surface area contributed by atoms with Gasteiger partial charge in [0.1, 0.15) is 5.75 Å². The van der Waals surface area contributed by atoms with Gasteiger partial charge in [0.25, 0.3) is 5.91 Å². The molecule has 0 bridgehead atoms.